The number of halogens is 3. The van der Waals surface area contributed by atoms with Crippen molar-refractivity contribution in [3.8, 4) is 0 Å². The van der Waals surface area contributed by atoms with Crippen molar-refractivity contribution >= 4 is 54.1 Å². The van der Waals surface area contributed by atoms with Gasteiger partial charge in [-0.2, -0.15) is 0 Å². The molecular formula is C8H5Br3O. The molecule has 0 spiro atoms. The van der Waals surface area contributed by atoms with Crippen molar-refractivity contribution in [1.82, 2.24) is 0 Å². The summed E-state index contributed by atoms with van der Waals surface area (Å²) in [5, 5.41) is 0. The second-order valence-electron chi connectivity index (χ2n) is 2.25. The number of rotatable bonds is 2. The molecule has 0 fully saturated rings. The maximum absolute atomic E-state index is 10.6. The summed E-state index contributed by atoms with van der Waals surface area (Å²) < 4.78 is 0.244. The summed E-state index contributed by atoms with van der Waals surface area (Å²) in [7, 11) is 0. The Hall–Kier alpha value is 0.330. The Kier molecular flexibility index (Phi) is 3.49. The molecule has 0 atom stereocenters. The molecule has 0 aliphatic carbocycles. The van der Waals surface area contributed by atoms with Gasteiger partial charge in [0, 0.05) is 4.47 Å². The molecule has 0 amide bonds. The second kappa shape index (κ2) is 4.03. The van der Waals surface area contributed by atoms with Gasteiger partial charge < -0.3 is 4.79 Å². The minimum atomic E-state index is -0.749. The lowest BCUT2D eigenvalue weighted by Crippen LogP contribution is -2.09. The molecule has 1 aromatic carbocycles. The summed E-state index contributed by atoms with van der Waals surface area (Å²) in [5.41, 5.74) is 0.876. The molecule has 0 saturated heterocycles. The average Bonchev–Trinajstić information content (AvgIpc) is 2.05. The molecule has 0 heterocycles. The number of alkyl halides is 2. The highest BCUT2D eigenvalue weighted by atomic mass is 79.9. The molecule has 0 aliphatic heterocycles. The Morgan fingerprint density at radius 3 is 2.08 bits per heavy atom. The quantitative estimate of drug-likeness (QED) is 0.584. The molecule has 0 N–H and O–H groups in total. The molecule has 0 unspecified atom stereocenters. The summed E-state index contributed by atoms with van der Waals surface area (Å²) >= 11 is 9.81. The van der Waals surface area contributed by atoms with Crippen LogP contribution in [0.15, 0.2) is 28.7 Å². The third kappa shape index (κ3) is 2.41. The van der Waals surface area contributed by atoms with Crippen molar-refractivity contribution < 1.29 is 4.79 Å². The van der Waals surface area contributed by atoms with Gasteiger partial charge in [0.25, 0.3) is 0 Å². The van der Waals surface area contributed by atoms with Gasteiger partial charge in [-0.05, 0) is 17.7 Å². The smallest absolute Gasteiger partial charge is 0.160 e. The lowest BCUT2D eigenvalue weighted by atomic mass is 10.2. The summed E-state index contributed by atoms with van der Waals surface area (Å²) in [6.45, 7) is 0. The van der Waals surface area contributed by atoms with Gasteiger partial charge in [0.15, 0.2) is 9.52 Å². The summed E-state index contributed by atoms with van der Waals surface area (Å²) in [4.78, 5) is 10.6. The molecule has 64 valence electrons. The van der Waals surface area contributed by atoms with E-state index in [2.05, 4.69) is 47.8 Å². The van der Waals surface area contributed by atoms with E-state index in [4.69, 9.17) is 0 Å². The molecular weight excluding hydrogens is 352 g/mol. The second-order valence-corrected chi connectivity index (χ2v) is 6.73. The number of hydrogen-bond donors (Lipinski definition) is 0. The van der Waals surface area contributed by atoms with Gasteiger partial charge in [0.2, 0.25) is 0 Å². The van der Waals surface area contributed by atoms with Crippen molar-refractivity contribution in [3.63, 3.8) is 0 Å². The van der Waals surface area contributed by atoms with Gasteiger partial charge in [0.05, 0.1) is 0 Å². The third-order valence-corrected chi connectivity index (χ3v) is 3.20. The van der Waals surface area contributed by atoms with E-state index in [1.165, 1.54) is 0 Å². The summed E-state index contributed by atoms with van der Waals surface area (Å²) in [6.07, 6.45) is 0.802. The van der Waals surface area contributed by atoms with Crippen LogP contribution in [0.3, 0.4) is 0 Å². The lowest BCUT2D eigenvalue weighted by Gasteiger charge is -2.12. The number of aldehydes is 1. The van der Waals surface area contributed by atoms with Crippen LogP contribution in [-0.2, 0) is 8.03 Å². The molecule has 1 nitrogen and oxygen atoms in total. The normalized spacial score (nSPS) is 11.2. The van der Waals surface area contributed by atoms with Crippen LogP contribution in [0.25, 0.3) is 0 Å². The Morgan fingerprint density at radius 1 is 1.17 bits per heavy atom. The van der Waals surface area contributed by atoms with Crippen molar-refractivity contribution in [2.75, 3.05) is 0 Å². The summed E-state index contributed by atoms with van der Waals surface area (Å²) in [6, 6.07) is 7.50. The van der Waals surface area contributed by atoms with E-state index >= 15 is 0 Å². The molecule has 0 radical (unpaired) electrons. The molecule has 1 aromatic rings. The highest BCUT2D eigenvalue weighted by Gasteiger charge is 2.23. The Balaban J connectivity index is 3.04. The zero-order valence-electron chi connectivity index (χ0n) is 5.93. The Labute approximate surface area is 95.9 Å². The van der Waals surface area contributed by atoms with Gasteiger partial charge in [-0.25, -0.2) is 0 Å². The predicted octanol–water partition coefficient (Wildman–Crippen LogP) is 3.59. The molecule has 1 rings (SSSR count). The van der Waals surface area contributed by atoms with E-state index in [9.17, 15) is 4.79 Å². The van der Waals surface area contributed by atoms with Crippen LogP contribution in [0, 0.1) is 0 Å². The van der Waals surface area contributed by atoms with Gasteiger partial charge in [-0.3, -0.25) is 0 Å². The number of benzene rings is 1. The number of carbonyl (C=O) groups excluding carboxylic acids is 1. The van der Waals surface area contributed by atoms with Crippen molar-refractivity contribution in [2.24, 2.45) is 0 Å². The van der Waals surface area contributed by atoms with Crippen molar-refractivity contribution in [1.29, 1.82) is 0 Å². The Morgan fingerprint density at radius 2 is 1.67 bits per heavy atom. The maximum Gasteiger partial charge on any atom is 0.160 e. The maximum atomic E-state index is 10.6. The SMILES string of the molecule is O=CC(Br)(Br)c1ccc(Br)cc1. The molecule has 4 heteroatoms. The zero-order chi connectivity index (χ0) is 9.19. The van der Waals surface area contributed by atoms with Crippen molar-refractivity contribution in [2.45, 2.75) is 3.23 Å². The largest absolute Gasteiger partial charge is 0.300 e. The molecule has 0 saturated carbocycles. The minimum Gasteiger partial charge on any atom is -0.300 e. The van der Waals surface area contributed by atoms with Crippen molar-refractivity contribution in [3.05, 3.63) is 34.3 Å². The molecule has 12 heavy (non-hydrogen) atoms. The average molecular weight is 357 g/mol. The number of hydrogen-bond acceptors (Lipinski definition) is 1. The zero-order valence-corrected chi connectivity index (χ0v) is 10.7. The molecule has 0 bridgehead atoms. The first-order chi connectivity index (χ1) is 5.56. The van der Waals surface area contributed by atoms with Gasteiger partial charge in [-0.15, -0.1) is 0 Å². The van der Waals surface area contributed by atoms with Crippen LogP contribution in [0.1, 0.15) is 5.56 Å². The van der Waals surface area contributed by atoms with E-state index in [0.29, 0.717) is 0 Å². The van der Waals surface area contributed by atoms with E-state index in [1.807, 2.05) is 24.3 Å². The van der Waals surface area contributed by atoms with E-state index in [0.717, 1.165) is 16.3 Å². The number of carbonyl (C=O) groups is 1. The van der Waals surface area contributed by atoms with Crippen LogP contribution < -0.4 is 0 Å². The van der Waals surface area contributed by atoms with E-state index in [1.54, 1.807) is 0 Å². The van der Waals surface area contributed by atoms with Crippen LogP contribution >= 0.6 is 47.8 Å². The highest BCUT2D eigenvalue weighted by molar-refractivity contribution is 9.25. The van der Waals surface area contributed by atoms with Crippen LogP contribution in [0.2, 0.25) is 0 Å². The lowest BCUT2D eigenvalue weighted by molar-refractivity contribution is -0.107. The standard InChI is InChI=1S/C8H5Br3O/c9-7-3-1-6(2-4-7)8(10,11)5-12/h1-5H. The fourth-order valence-electron chi connectivity index (χ4n) is 0.740. The van der Waals surface area contributed by atoms with Crippen LogP contribution in [-0.4, -0.2) is 6.29 Å². The Bertz CT molecular complexity index is 279. The third-order valence-electron chi connectivity index (χ3n) is 1.38. The highest BCUT2D eigenvalue weighted by Crippen LogP contribution is 2.36. The topological polar surface area (TPSA) is 17.1 Å². The van der Waals surface area contributed by atoms with Gasteiger partial charge in [0.1, 0.15) is 0 Å². The molecule has 0 aromatic heterocycles. The fourth-order valence-corrected chi connectivity index (χ4v) is 1.53. The first-order valence-corrected chi connectivity index (χ1v) is 5.54. The van der Waals surface area contributed by atoms with Crippen LogP contribution in [0.4, 0.5) is 0 Å². The van der Waals surface area contributed by atoms with E-state index < -0.39 is 3.23 Å². The minimum absolute atomic E-state index is 0.749. The van der Waals surface area contributed by atoms with Gasteiger partial charge in [-0.1, -0.05) is 59.9 Å². The monoisotopic (exact) mass is 354 g/mol. The first kappa shape index (κ1) is 10.4. The predicted molar refractivity (Wildman–Crippen MR) is 59.7 cm³/mol. The van der Waals surface area contributed by atoms with Gasteiger partial charge >= 0.3 is 0 Å². The van der Waals surface area contributed by atoms with E-state index in [-0.39, 0.29) is 0 Å². The fraction of sp³-hybridized carbons (Fsp3) is 0.125. The summed E-state index contributed by atoms with van der Waals surface area (Å²) in [5.74, 6) is 0. The van der Waals surface area contributed by atoms with Crippen LogP contribution in [0.5, 0.6) is 0 Å². The molecule has 0 aliphatic rings. The first-order valence-electron chi connectivity index (χ1n) is 3.16.